The predicted molar refractivity (Wildman–Crippen MR) is 77.8 cm³/mol. The van der Waals surface area contributed by atoms with E-state index in [1.165, 1.54) is 0 Å². The molecule has 0 heterocycles. The van der Waals surface area contributed by atoms with E-state index in [0.717, 1.165) is 11.1 Å². The molecule has 0 aliphatic carbocycles. The summed E-state index contributed by atoms with van der Waals surface area (Å²) < 4.78 is 4.94. The highest BCUT2D eigenvalue weighted by Crippen LogP contribution is 2.21. The van der Waals surface area contributed by atoms with Gasteiger partial charge in [0.25, 0.3) is 0 Å². The monoisotopic (exact) mass is 268 g/mol. The summed E-state index contributed by atoms with van der Waals surface area (Å²) in [7, 11) is 0. The molecular formula is C17H16O3. The Morgan fingerprint density at radius 2 is 1.65 bits per heavy atom. The van der Waals surface area contributed by atoms with Gasteiger partial charge in [-0.2, -0.15) is 0 Å². The molecule has 0 unspecified atom stereocenters. The lowest BCUT2D eigenvalue weighted by Gasteiger charge is -2.05. The zero-order valence-corrected chi connectivity index (χ0v) is 11.6. The Labute approximate surface area is 118 Å². The third-order valence-electron chi connectivity index (χ3n) is 3.00. The Hall–Kier alpha value is -2.42. The standard InChI is InChI=1S/C17H16O3/c1-3-20-17(19)14-9-7-13(8-10-14)16-6-4-5-15(11-16)12(2)18/h4-11H,3H2,1-2H3. The van der Waals surface area contributed by atoms with E-state index in [4.69, 9.17) is 4.74 Å². The Kier molecular flexibility index (Phi) is 4.31. The molecule has 102 valence electrons. The van der Waals surface area contributed by atoms with Crippen molar-refractivity contribution in [3.05, 3.63) is 59.7 Å². The fourth-order valence-corrected chi connectivity index (χ4v) is 1.93. The second kappa shape index (κ2) is 6.15. The van der Waals surface area contributed by atoms with E-state index in [1.54, 1.807) is 32.0 Å². The van der Waals surface area contributed by atoms with Crippen molar-refractivity contribution in [3.63, 3.8) is 0 Å². The second-order valence-electron chi connectivity index (χ2n) is 4.43. The van der Waals surface area contributed by atoms with Gasteiger partial charge in [-0.25, -0.2) is 4.79 Å². The largest absolute Gasteiger partial charge is 0.462 e. The maximum absolute atomic E-state index is 11.6. The van der Waals surface area contributed by atoms with Gasteiger partial charge in [0.15, 0.2) is 5.78 Å². The average Bonchev–Trinajstić information content (AvgIpc) is 2.48. The van der Waals surface area contributed by atoms with Crippen LogP contribution in [0, 0.1) is 0 Å². The topological polar surface area (TPSA) is 43.4 Å². The first-order valence-electron chi connectivity index (χ1n) is 6.50. The van der Waals surface area contributed by atoms with Crippen molar-refractivity contribution in [2.75, 3.05) is 6.61 Å². The van der Waals surface area contributed by atoms with E-state index in [9.17, 15) is 9.59 Å². The molecule has 0 bridgehead atoms. The van der Waals surface area contributed by atoms with Crippen LogP contribution in [0.25, 0.3) is 11.1 Å². The number of ketones is 1. The van der Waals surface area contributed by atoms with Gasteiger partial charge >= 0.3 is 5.97 Å². The minimum absolute atomic E-state index is 0.0370. The van der Waals surface area contributed by atoms with E-state index in [2.05, 4.69) is 0 Å². The van der Waals surface area contributed by atoms with Gasteiger partial charge in [-0.15, -0.1) is 0 Å². The first kappa shape index (κ1) is 14.0. The van der Waals surface area contributed by atoms with Crippen molar-refractivity contribution in [2.24, 2.45) is 0 Å². The number of carbonyl (C=O) groups excluding carboxylic acids is 2. The van der Waals surface area contributed by atoms with E-state index in [0.29, 0.717) is 17.7 Å². The molecule has 3 heteroatoms. The summed E-state index contributed by atoms with van der Waals surface area (Å²) >= 11 is 0. The number of benzene rings is 2. The summed E-state index contributed by atoms with van der Waals surface area (Å²) in [5.41, 5.74) is 3.12. The molecule has 0 aromatic heterocycles. The molecular weight excluding hydrogens is 252 g/mol. The van der Waals surface area contributed by atoms with Crippen LogP contribution in [0.2, 0.25) is 0 Å². The van der Waals surface area contributed by atoms with Crippen LogP contribution >= 0.6 is 0 Å². The van der Waals surface area contributed by atoms with Crippen LogP contribution in [0.4, 0.5) is 0 Å². The zero-order chi connectivity index (χ0) is 14.5. The summed E-state index contributed by atoms with van der Waals surface area (Å²) in [6.45, 7) is 3.68. The van der Waals surface area contributed by atoms with Crippen LogP contribution in [-0.4, -0.2) is 18.4 Å². The van der Waals surface area contributed by atoms with E-state index in [-0.39, 0.29) is 11.8 Å². The van der Waals surface area contributed by atoms with Gasteiger partial charge < -0.3 is 4.74 Å². The smallest absolute Gasteiger partial charge is 0.338 e. The van der Waals surface area contributed by atoms with Crippen LogP contribution in [0.3, 0.4) is 0 Å². The molecule has 0 amide bonds. The molecule has 3 nitrogen and oxygen atoms in total. The van der Waals surface area contributed by atoms with Crippen LogP contribution in [0.5, 0.6) is 0 Å². The van der Waals surface area contributed by atoms with Gasteiger partial charge in [-0.1, -0.05) is 30.3 Å². The molecule has 0 radical (unpaired) electrons. The summed E-state index contributed by atoms with van der Waals surface area (Å²) in [5.74, 6) is -0.286. The summed E-state index contributed by atoms with van der Waals surface area (Å²) in [6, 6.07) is 14.6. The molecule has 2 rings (SSSR count). The maximum atomic E-state index is 11.6. The number of carbonyl (C=O) groups is 2. The van der Waals surface area contributed by atoms with Crippen molar-refractivity contribution in [1.29, 1.82) is 0 Å². The van der Waals surface area contributed by atoms with Crippen molar-refractivity contribution < 1.29 is 14.3 Å². The number of hydrogen-bond acceptors (Lipinski definition) is 3. The molecule has 0 saturated carbocycles. The minimum Gasteiger partial charge on any atom is -0.462 e. The SMILES string of the molecule is CCOC(=O)c1ccc(-c2cccc(C(C)=O)c2)cc1. The zero-order valence-electron chi connectivity index (χ0n) is 11.6. The van der Waals surface area contributed by atoms with Gasteiger partial charge in [0, 0.05) is 5.56 Å². The highest BCUT2D eigenvalue weighted by molar-refractivity contribution is 5.95. The maximum Gasteiger partial charge on any atom is 0.338 e. The molecule has 0 aliphatic rings. The third kappa shape index (κ3) is 3.12. The van der Waals surface area contributed by atoms with Gasteiger partial charge in [-0.05, 0) is 43.2 Å². The second-order valence-corrected chi connectivity index (χ2v) is 4.43. The van der Waals surface area contributed by atoms with Crippen molar-refractivity contribution in [3.8, 4) is 11.1 Å². The Morgan fingerprint density at radius 3 is 2.25 bits per heavy atom. The third-order valence-corrected chi connectivity index (χ3v) is 3.00. The number of hydrogen-bond donors (Lipinski definition) is 0. The Morgan fingerprint density at radius 1 is 0.950 bits per heavy atom. The normalized spacial score (nSPS) is 10.1. The lowest BCUT2D eigenvalue weighted by molar-refractivity contribution is 0.0526. The van der Waals surface area contributed by atoms with Gasteiger partial charge in [0.05, 0.1) is 12.2 Å². The average molecular weight is 268 g/mol. The number of esters is 1. The number of Topliss-reactive ketones (excluding diaryl/α,β-unsaturated/α-hetero) is 1. The fraction of sp³-hybridized carbons (Fsp3) is 0.176. The Bertz CT molecular complexity index is 627. The van der Waals surface area contributed by atoms with Gasteiger partial charge in [-0.3, -0.25) is 4.79 Å². The highest BCUT2D eigenvalue weighted by atomic mass is 16.5. The number of ether oxygens (including phenoxy) is 1. The molecule has 20 heavy (non-hydrogen) atoms. The lowest BCUT2D eigenvalue weighted by Crippen LogP contribution is -2.04. The minimum atomic E-state index is -0.323. The molecule has 0 N–H and O–H groups in total. The molecule has 0 atom stereocenters. The molecule has 0 fully saturated rings. The van der Waals surface area contributed by atoms with Gasteiger partial charge in [0.1, 0.15) is 0 Å². The van der Waals surface area contributed by atoms with Crippen LogP contribution in [-0.2, 0) is 4.74 Å². The molecule has 2 aromatic carbocycles. The van der Waals surface area contributed by atoms with Gasteiger partial charge in [0.2, 0.25) is 0 Å². The molecule has 0 spiro atoms. The molecule has 0 saturated heterocycles. The first-order valence-corrected chi connectivity index (χ1v) is 6.50. The van der Waals surface area contributed by atoms with Crippen LogP contribution in [0.1, 0.15) is 34.6 Å². The van der Waals surface area contributed by atoms with Crippen molar-refractivity contribution >= 4 is 11.8 Å². The summed E-state index contributed by atoms with van der Waals surface area (Å²) in [4.78, 5) is 23.0. The first-order chi connectivity index (χ1) is 9.61. The number of rotatable bonds is 4. The molecule has 2 aromatic rings. The highest BCUT2D eigenvalue weighted by Gasteiger charge is 2.07. The van der Waals surface area contributed by atoms with E-state index in [1.807, 2.05) is 30.3 Å². The lowest BCUT2D eigenvalue weighted by atomic mass is 10.0. The van der Waals surface area contributed by atoms with E-state index < -0.39 is 0 Å². The van der Waals surface area contributed by atoms with Crippen LogP contribution in [0.15, 0.2) is 48.5 Å². The summed E-state index contributed by atoms with van der Waals surface area (Å²) in [5, 5.41) is 0. The van der Waals surface area contributed by atoms with E-state index >= 15 is 0 Å². The Balaban J connectivity index is 2.28. The summed E-state index contributed by atoms with van der Waals surface area (Å²) in [6.07, 6.45) is 0. The fourth-order valence-electron chi connectivity index (χ4n) is 1.93. The molecule has 0 aliphatic heterocycles. The quantitative estimate of drug-likeness (QED) is 0.626. The van der Waals surface area contributed by atoms with Crippen LogP contribution < -0.4 is 0 Å². The predicted octanol–water partition coefficient (Wildman–Crippen LogP) is 3.73. The van der Waals surface area contributed by atoms with Crippen molar-refractivity contribution in [1.82, 2.24) is 0 Å². The van der Waals surface area contributed by atoms with Crippen molar-refractivity contribution in [2.45, 2.75) is 13.8 Å².